The molecule has 3 unspecified atom stereocenters. The van der Waals surface area contributed by atoms with Crippen molar-refractivity contribution >= 4 is 5.78 Å². The Kier molecular flexibility index (Phi) is 6.20. The van der Waals surface area contributed by atoms with Crippen LogP contribution in [-0.4, -0.2) is 16.7 Å². The highest BCUT2D eigenvalue weighted by atomic mass is 16.6. The van der Waals surface area contributed by atoms with Crippen LogP contribution in [0.2, 0.25) is 0 Å². The van der Waals surface area contributed by atoms with Crippen LogP contribution in [0.3, 0.4) is 0 Å². The zero-order valence-electron chi connectivity index (χ0n) is 22.2. The molecule has 0 spiro atoms. The molecule has 3 heteroatoms. The molecule has 35 heavy (non-hydrogen) atoms. The van der Waals surface area contributed by atoms with E-state index in [4.69, 9.17) is 4.74 Å². The number of fused-ring (bicyclic) bond motifs is 5. The molecule has 0 bridgehead atoms. The first-order valence-corrected chi connectivity index (χ1v) is 13.8. The number of ether oxygens (including phenoxy) is 1. The van der Waals surface area contributed by atoms with Gasteiger partial charge in [-0.25, -0.2) is 0 Å². The maximum Gasteiger partial charge on any atom is 0.169 e. The predicted molar refractivity (Wildman–Crippen MR) is 141 cm³/mol. The molecule has 5 rings (SSSR count). The molecule has 0 radical (unpaired) electrons. The van der Waals surface area contributed by atoms with Gasteiger partial charge in [0, 0.05) is 18.3 Å². The number of aryl methyl sites for hydroxylation is 1. The smallest absolute Gasteiger partial charge is 0.169 e. The number of carbonyl (C=O) groups is 1. The highest BCUT2D eigenvalue weighted by Crippen LogP contribution is 2.70. The highest BCUT2D eigenvalue weighted by molar-refractivity contribution is 5.84. The molecule has 0 saturated heterocycles. The molecule has 7 atom stereocenters. The third kappa shape index (κ3) is 3.80. The van der Waals surface area contributed by atoms with Gasteiger partial charge < -0.3 is 9.84 Å². The summed E-state index contributed by atoms with van der Waals surface area (Å²) < 4.78 is 6.16. The van der Waals surface area contributed by atoms with Crippen LogP contribution < -0.4 is 0 Å². The van der Waals surface area contributed by atoms with E-state index >= 15 is 0 Å². The third-order valence-electron chi connectivity index (χ3n) is 11.3. The van der Waals surface area contributed by atoms with Gasteiger partial charge in [0.2, 0.25) is 0 Å². The summed E-state index contributed by atoms with van der Waals surface area (Å²) in [6.45, 7) is 13.3. The first kappa shape index (κ1) is 25.0. The topological polar surface area (TPSA) is 46.5 Å². The van der Waals surface area contributed by atoms with Gasteiger partial charge >= 0.3 is 0 Å². The zero-order valence-corrected chi connectivity index (χ0v) is 22.2. The summed E-state index contributed by atoms with van der Waals surface area (Å²) in [6, 6.07) is 8.37. The minimum Gasteiger partial charge on any atom is -0.365 e. The fourth-order valence-corrected chi connectivity index (χ4v) is 9.08. The molecule has 3 fully saturated rings. The number of hydrogen-bond donors (Lipinski definition) is 1. The number of aliphatic hydroxyl groups is 1. The van der Waals surface area contributed by atoms with E-state index in [1.807, 2.05) is 13.0 Å². The van der Waals surface area contributed by atoms with Gasteiger partial charge in [0.05, 0.1) is 6.61 Å². The van der Waals surface area contributed by atoms with Crippen LogP contribution in [0.15, 0.2) is 48.6 Å². The Morgan fingerprint density at radius 1 is 1.11 bits per heavy atom. The molecule has 1 aromatic carbocycles. The number of benzene rings is 1. The summed E-state index contributed by atoms with van der Waals surface area (Å²) in [5, 5.41) is 11.4. The summed E-state index contributed by atoms with van der Waals surface area (Å²) in [4.78, 5) is 13.0. The van der Waals surface area contributed by atoms with Crippen molar-refractivity contribution in [1.29, 1.82) is 0 Å². The fourth-order valence-electron chi connectivity index (χ4n) is 9.08. The Morgan fingerprint density at radius 3 is 2.51 bits per heavy atom. The average Bonchev–Trinajstić information content (AvgIpc) is 3.13. The lowest BCUT2D eigenvalue weighted by Gasteiger charge is -2.60. The zero-order chi connectivity index (χ0) is 25.1. The van der Waals surface area contributed by atoms with Crippen molar-refractivity contribution in [2.45, 2.75) is 97.9 Å². The molecular weight excluding hydrogens is 432 g/mol. The van der Waals surface area contributed by atoms with Crippen LogP contribution in [0, 0.1) is 40.9 Å². The SMILES string of the molecule is C=CC[C@@]1(C(C)=O)CCC2C3CC=C4C[C@@](O)(OCc5ccc(C)cc5)CC[C@]4(C)C3CC[C@@]21C. The van der Waals surface area contributed by atoms with Gasteiger partial charge in [-0.05, 0) is 92.9 Å². The normalized spacial score (nSPS) is 42.4. The van der Waals surface area contributed by atoms with Gasteiger partial charge in [-0.3, -0.25) is 4.79 Å². The number of carbonyl (C=O) groups excluding carboxylic acids is 1. The molecule has 0 amide bonds. The van der Waals surface area contributed by atoms with Crippen LogP contribution in [0.25, 0.3) is 0 Å². The van der Waals surface area contributed by atoms with E-state index in [1.165, 1.54) is 17.6 Å². The van der Waals surface area contributed by atoms with E-state index in [0.29, 0.717) is 43.0 Å². The van der Waals surface area contributed by atoms with Crippen molar-refractivity contribution in [2.75, 3.05) is 0 Å². The molecule has 0 aliphatic heterocycles. The molecule has 3 saturated carbocycles. The lowest BCUT2D eigenvalue weighted by Crippen LogP contribution is -2.55. The van der Waals surface area contributed by atoms with Crippen LogP contribution in [0.4, 0.5) is 0 Å². The summed E-state index contributed by atoms with van der Waals surface area (Å²) in [5.74, 6) is 1.15. The number of allylic oxidation sites excluding steroid dienone is 2. The van der Waals surface area contributed by atoms with Gasteiger partial charge in [-0.15, -0.1) is 6.58 Å². The Morgan fingerprint density at radius 2 is 1.83 bits per heavy atom. The second kappa shape index (κ2) is 8.70. The van der Waals surface area contributed by atoms with Gasteiger partial charge in [-0.1, -0.05) is 61.4 Å². The van der Waals surface area contributed by atoms with Gasteiger partial charge in [0.25, 0.3) is 0 Å². The Balaban J connectivity index is 1.35. The lowest BCUT2D eigenvalue weighted by molar-refractivity contribution is -0.231. The van der Waals surface area contributed by atoms with Crippen molar-refractivity contribution in [3.63, 3.8) is 0 Å². The second-order valence-corrected chi connectivity index (χ2v) is 12.8. The second-order valence-electron chi connectivity index (χ2n) is 12.8. The molecule has 4 aliphatic carbocycles. The Hall–Kier alpha value is -1.71. The van der Waals surface area contributed by atoms with Gasteiger partial charge in [0.15, 0.2) is 5.79 Å². The molecule has 4 aliphatic rings. The minimum atomic E-state index is -1.08. The van der Waals surface area contributed by atoms with E-state index in [1.54, 1.807) is 0 Å². The maximum absolute atomic E-state index is 13.0. The summed E-state index contributed by atoms with van der Waals surface area (Å²) >= 11 is 0. The number of ketones is 1. The highest BCUT2D eigenvalue weighted by Gasteiger charge is 2.65. The molecule has 1 aromatic rings. The number of rotatable bonds is 6. The summed E-state index contributed by atoms with van der Waals surface area (Å²) in [6.07, 6.45) is 13.1. The molecule has 3 nitrogen and oxygen atoms in total. The standard InChI is InChI=1S/C32H44O3/c1-6-15-31(23(3)33)17-14-28-26-12-11-25-20-32(34,35-21-24-9-7-22(2)8-10-24)19-18-29(25,4)27(26)13-16-30(28,31)5/h6-11,26-28,34H,1,12-21H2,2-5H3/t26?,27?,28?,29-,30-,31-,32-/m0/s1. The van der Waals surface area contributed by atoms with Crippen molar-refractivity contribution in [3.05, 3.63) is 59.7 Å². The van der Waals surface area contributed by atoms with E-state index in [-0.39, 0.29) is 16.2 Å². The minimum absolute atomic E-state index is 0.0719. The quantitative estimate of drug-likeness (QED) is 0.346. The third-order valence-corrected chi connectivity index (χ3v) is 11.3. The number of hydrogen-bond acceptors (Lipinski definition) is 3. The van der Waals surface area contributed by atoms with Crippen LogP contribution >= 0.6 is 0 Å². The van der Waals surface area contributed by atoms with E-state index in [9.17, 15) is 9.90 Å². The van der Waals surface area contributed by atoms with Crippen molar-refractivity contribution in [2.24, 2.45) is 34.0 Å². The van der Waals surface area contributed by atoms with E-state index in [0.717, 1.165) is 44.1 Å². The monoisotopic (exact) mass is 476 g/mol. The van der Waals surface area contributed by atoms with Crippen LogP contribution in [0.5, 0.6) is 0 Å². The van der Waals surface area contributed by atoms with Crippen LogP contribution in [0.1, 0.15) is 89.7 Å². The van der Waals surface area contributed by atoms with Crippen molar-refractivity contribution in [3.8, 4) is 0 Å². The Labute approximate surface area is 212 Å². The van der Waals surface area contributed by atoms with E-state index < -0.39 is 5.79 Å². The summed E-state index contributed by atoms with van der Waals surface area (Å²) in [7, 11) is 0. The van der Waals surface area contributed by atoms with E-state index in [2.05, 4.69) is 57.7 Å². The molecule has 0 heterocycles. The van der Waals surface area contributed by atoms with Gasteiger partial charge in [-0.2, -0.15) is 0 Å². The maximum atomic E-state index is 13.0. The largest absolute Gasteiger partial charge is 0.365 e. The fraction of sp³-hybridized carbons (Fsp3) is 0.656. The number of Topliss-reactive ketones (excluding diaryl/α,β-unsaturated/α-hetero) is 1. The molecular formula is C32H44O3. The predicted octanol–water partition coefficient (Wildman–Crippen LogP) is 7.31. The molecule has 0 aromatic heterocycles. The lowest BCUT2D eigenvalue weighted by atomic mass is 9.45. The molecule has 1 N–H and O–H groups in total. The summed E-state index contributed by atoms with van der Waals surface area (Å²) in [5.41, 5.74) is 3.72. The van der Waals surface area contributed by atoms with Crippen LogP contribution in [-0.2, 0) is 16.1 Å². The first-order chi connectivity index (χ1) is 16.6. The Bertz CT molecular complexity index is 1020. The molecule has 190 valence electrons. The van der Waals surface area contributed by atoms with Crippen molar-refractivity contribution < 1.29 is 14.6 Å². The first-order valence-electron chi connectivity index (χ1n) is 13.8. The van der Waals surface area contributed by atoms with Crippen molar-refractivity contribution in [1.82, 2.24) is 0 Å². The average molecular weight is 477 g/mol. The van der Waals surface area contributed by atoms with Gasteiger partial charge in [0.1, 0.15) is 5.78 Å².